The van der Waals surface area contributed by atoms with E-state index in [0.29, 0.717) is 0 Å². The molecule has 0 aromatic rings. The summed E-state index contributed by atoms with van der Waals surface area (Å²) in [6.07, 6.45) is -0.351. The van der Waals surface area contributed by atoms with Crippen molar-refractivity contribution in [3.63, 3.8) is 0 Å². The number of esters is 1. The van der Waals surface area contributed by atoms with Gasteiger partial charge >= 0.3 is 11.9 Å². The van der Waals surface area contributed by atoms with E-state index in [2.05, 4.69) is 10.1 Å². The van der Waals surface area contributed by atoms with E-state index >= 15 is 0 Å². The Hall–Kier alpha value is -1.59. The molecule has 1 rings (SSSR count). The third-order valence-electron chi connectivity index (χ3n) is 2.55. The summed E-state index contributed by atoms with van der Waals surface area (Å²) in [4.78, 5) is 33.3. The fraction of sp³-hybridized carbons (Fsp3) is 0.667. The summed E-state index contributed by atoms with van der Waals surface area (Å²) in [5.41, 5.74) is 0. The van der Waals surface area contributed by atoms with Crippen LogP contribution in [0.2, 0.25) is 0 Å². The first-order valence-corrected chi connectivity index (χ1v) is 4.57. The molecule has 1 aliphatic rings. The van der Waals surface area contributed by atoms with Crippen molar-refractivity contribution < 1.29 is 24.2 Å². The number of aliphatic carboxylic acids is 1. The maximum Gasteiger partial charge on any atom is 0.311 e. The standard InChI is InChI=1S/C9H13NO5/c1-4-7(9(14)15-2)5(3-6(11)12)8(13)10-4/h4-5,7H,3H2,1-2H3,(H,10,13)(H,11,12)/t4-,5-,7-/m1/s1. The van der Waals surface area contributed by atoms with Crippen LogP contribution >= 0.6 is 0 Å². The molecule has 0 saturated carbocycles. The Morgan fingerprint density at radius 1 is 1.53 bits per heavy atom. The van der Waals surface area contributed by atoms with E-state index in [-0.39, 0.29) is 12.5 Å². The normalized spacial score (nSPS) is 29.7. The Kier molecular flexibility index (Phi) is 3.28. The van der Waals surface area contributed by atoms with E-state index in [1.54, 1.807) is 6.92 Å². The number of hydrogen-bond acceptors (Lipinski definition) is 4. The molecular formula is C9H13NO5. The van der Waals surface area contributed by atoms with E-state index in [9.17, 15) is 14.4 Å². The maximum absolute atomic E-state index is 11.4. The van der Waals surface area contributed by atoms with Gasteiger partial charge in [0.25, 0.3) is 0 Å². The van der Waals surface area contributed by atoms with Crippen LogP contribution in [0.5, 0.6) is 0 Å². The minimum absolute atomic E-state index is 0.351. The van der Waals surface area contributed by atoms with Gasteiger partial charge in [0.05, 0.1) is 25.4 Å². The fourth-order valence-corrected chi connectivity index (χ4v) is 1.85. The first-order valence-electron chi connectivity index (χ1n) is 4.57. The van der Waals surface area contributed by atoms with Crippen LogP contribution in [0, 0.1) is 11.8 Å². The molecule has 0 aliphatic carbocycles. The van der Waals surface area contributed by atoms with Gasteiger partial charge in [-0.05, 0) is 6.92 Å². The topological polar surface area (TPSA) is 92.7 Å². The highest BCUT2D eigenvalue weighted by molar-refractivity contribution is 5.92. The molecule has 2 N–H and O–H groups in total. The minimum Gasteiger partial charge on any atom is -0.481 e. The largest absolute Gasteiger partial charge is 0.481 e. The highest BCUT2D eigenvalue weighted by Crippen LogP contribution is 2.27. The average Bonchev–Trinajstić information content (AvgIpc) is 2.40. The van der Waals surface area contributed by atoms with Crippen LogP contribution in [0.1, 0.15) is 13.3 Å². The van der Waals surface area contributed by atoms with Crippen LogP contribution in [0.3, 0.4) is 0 Å². The molecule has 1 saturated heterocycles. The second kappa shape index (κ2) is 4.29. The third-order valence-corrected chi connectivity index (χ3v) is 2.55. The summed E-state index contributed by atoms with van der Waals surface area (Å²) < 4.78 is 4.54. The van der Waals surface area contributed by atoms with Crippen LogP contribution in [-0.2, 0) is 19.1 Å². The molecule has 3 atom stereocenters. The molecule has 1 amide bonds. The monoisotopic (exact) mass is 215 g/mol. The van der Waals surface area contributed by atoms with Crippen molar-refractivity contribution in [1.82, 2.24) is 5.32 Å². The SMILES string of the molecule is COC(=O)[C@@H]1[C@@H](C)NC(=O)[C@@H]1CC(=O)O. The van der Waals surface area contributed by atoms with Crippen molar-refractivity contribution in [3.8, 4) is 0 Å². The second-order valence-electron chi connectivity index (χ2n) is 3.55. The van der Waals surface area contributed by atoms with Crippen molar-refractivity contribution in [2.24, 2.45) is 11.8 Å². The van der Waals surface area contributed by atoms with Gasteiger partial charge in [0.15, 0.2) is 0 Å². The first kappa shape index (κ1) is 11.5. The van der Waals surface area contributed by atoms with E-state index in [1.165, 1.54) is 7.11 Å². The van der Waals surface area contributed by atoms with Crippen molar-refractivity contribution >= 4 is 17.8 Å². The molecule has 0 unspecified atom stereocenters. The summed E-state index contributed by atoms with van der Waals surface area (Å²) in [5.74, 6) is -3.59. The zero-order valence-corrected chi connectivity index (χ0v) is 8.52. The van der Waals surface area contributed by atoms with Gasteiger partial charge in [0, 0.05) is 6.04 Å². The Morgan fingerprint density at radius 2 is 2.13 bits per heavy atom. The molecule has 0 bridgehead atoms. The molecule has 6 heteroatoms. The summed E-state index contributed by atoms with van der Waals surface area (Å²) >= 11 is 0. The fourth-order valence-electron chi connectivity index (χ4n) is 1.85. The number of hydrogen-bond donors (Lipinski definition) is 2. The Morgan fingerprint density at radius 3 is 2.60 bits per heavy atom. The highest BCUT2D eigenvalue weighted by Gasteiger charge is 2.45. The predicted octanol–water partition coefficient (Wildman–Crippen LogP) is -0.615. The summed E-state index contributed by atoms with van der Waals surface area (Å²) in [7, 11) is 1.22. The number of carboxylic acid groups (broad SMARTS) is 1. The lowest BCUT2D eigenvalue weighted by Gasteiger charge is -2.15. The number of rotatable bonds is 3. The molecule has 0 aromatic heterocycles. The van der Waals surface area contributed by atoms with Gasteiger partial charge in [-0.2, -0.15) is 0 Å². The Balaban J connectivity index is 2.84. The summed E-state index contributed by atoms with van der Waals surface area (Å²) in [5, 5.41) is 11.2. The summed E-state index contributed by atoms with van der Waals surface area (Å²) in [6.45, 7) is 1.65. The molecule has 0 radical (unpaired) electrons. The molecular weight excluding hydrogens is 202 g/mol. The molecule has 84 valence electrons. The first-order chi connectivity index (χ1) is 6.97. The minimum atomic E-state index is -1.10. The van der Waals surface area contributed by atoms with Gasteiger partial charge in [-0.15, -0.1) is 0 Å². The number of carbonyl (C=O) groups is 3. The average molecular weight is 215 g/mol. The molecule has 15 heavy (non-hydrogen) atoms. The number of carbonyl (C=O) groups excluding carboxylic acids is 2. The van der Waals surface area contributed by atoms with Crippen molar-refractivity contribution in [2.75, 3.05) is 7.11 Å². The van der Waals surface area contributed by atoms with Crippen LogP contribution < -0.4 is 5.32 Å². The third kappa shape index (κ3) is 2.26. The summed E-state index contributed by atoms with van der Waals surface area (Å²) in [6, 6.07) is -0.380. The second-order valence-corrected chi connectivity index (χ2v) is 3.55. The lowest BCUT2D eigenvalue weighted by atomic mass is 9.88. The smallest absolute Gasteiger partial charge is 0.311 e. The Labute approximate surface area is 86.6 Å². The van der Waals surface area contributed by atoms with Crippen LogP contribution in [-0.4, -0.2) is 36.1 Å². The van der Waals surface area contributed by atoms with Crippen molar-refractivity contribution in [2.45, 2.75) is 19.4 Å². The zero-order valence-electron chi connectivity index (χ0n) is 8.52. The van der Waals surface area contributed by atoms with E-state index < -0.39 is 29.7 Å². The quantitative estimate of drug-likeness (QED) is 0.612. The predicted molar refractivity (Wildman–Crippen MR) is 48.9 cm³/mol. The zero-order chi connectivity index (χ0) is 11.6. The Bertz CT molecular complexity index is 301. The van der Waals surface area contributed by atoms with Crippen LogP contribution in [0.25, 0.3) is 0 Å². The van der Waals surface area contributed by atoms with Gasteiger partial charge in [0.1, 0.15) is 0 Å². The molecule has 0 aromatic carbocycles. The number of carboxylic acids is 1. The number of amides is 1. The van der Waals surface area contributed by atoms with Crippen molar-refractivity contribution in [3.05, 3.63) is 0 Å². The van der Waals surface area contributed by atoms with Gasteiger partial charge in [-0.1, -0.05) is 0 Å². The van der Waals surface area contributed by atoms with E-state index in [0.717, 1.165) is 0 Å². The molecule has 1 heterocycles. The van der Waals surface area contributed by atoms with Crippen molar-refractivity contribution in [1.29, 1.82) is 0 Å². The number of ether oxygens (including phenoxy) is 1. The van der Waals surface area contributed by atoms with Crippen LogP contribution in [0.15, 0.2) is 0 Å². The lowest BCUT2D eigenvalue weighted by molar-refractivity contribution is -0.149. The molecule has 1 aliphatic heterocycles. The van der Waals surface area contributed by atoms with Crippen LogP contribution in [0.4, 0.5) is 0 Å². The highest BCUT2D eigenvalue weighted by atomic mass is 16.5. The maximum atomic E-state index is 11.4. The lowest BCUT2D eigenvalue weighted by Crippen LogP contribution is -2.31. The van der Waals surface area contributed by atoms with E-state index in [1.807, 2.05) is 0 Å². The number of nitrogens with one attached hydrogen (secondary N) is 1. The van der Waals surface area contributed by atoms with Gasteiger partial charge in [-0.3, -0.25) is 14.4 Å². The van der Waals surface area contributed by atoms with Gasteiger partial charge in [-0.25, -0.2) is 0 Å². The number of methoxy groups -OCH3 is 1. The molecule has 6 nitrogen and oxygen atoms in total. The van der Waals surface area contributed by atoms with E-state index in [4.69, 9.17) is 5.11 Å². The van der Waals surface area contributed by atoms with Gasteiger partial charge < -0.3 is 15.2 Å². The molecule has 1 fully saturated rings. The van der Waals surface area contributed by atoms with Gasteiger partial charge in [0.2, 0.25) is 5.91 Å². The molecule has 0 spiro atoms.